The largest absolute Gasteiger partial charge is 0.382 e. The van der Waals surface area contributed by atoms with Gasteiger partial charge in [0.1, 0.15) is 5.82 Å². The fourth-order valence-corrected chi connectivity index (χ4v) is 5.29. The number of ketones is 1. The smallest absolute Gasteiger partial charge is 0.251 e. The summed E-state index contributed by atoms with van der Waals surface area (Å²) in [7, 11) is 4.31. The number of nitrogens with one attached hydrogen (secondary N) is 3. The third-order valence-corrected chi connectivity index (χ3v) is 7.51. The maximum absolute atomic E-state index is 13.1. The van der Waals surface area contributed by atoms with E-state index in [9.17, 15) is 9.59 Å². The topological polar surface area (TPSA) is 85.8 Å². The highest BCUT2D eigenvalue weighted by atomic mass is 35.5. The number of carbonyl (C=O) groups excluding carboxylic acids is 2. The van der Waals surface area contributed by atoms with Gasteiger partial charge in [0.25, 0.3) is 5.91 Å². The maximum Gasteiger partial charge on any atom is 0.251 e. The molecule has 0 spiro atoms. The Balaban J connectivity index is 1.71. The van der Waals surface area contributed by atoms with Gasteiger partial charge < -0.3 is 20.9 Å². The minimum atomic E-state index is -0.255. The lowest BCUT2D eigenvalue weighted by atomic mass is 9.81. The summed E-state index contributed by atoms with van der Waals surface area (Å²) >= 11 is 6.42. The third kappa shape index (κ3) is 6.85. The molecule has 7 nitrogen and oxygen atoms in total. The van der Waals surface area contributed by atoms with E-state index in [-0.39, 0.29) is 30.7 Å². The molecule has 1 aromatic carbocycles. The number of Topliss-reactive ketones (excluding diaryl/α,β-unsaturated/α-hetero) is 1. The molecule has 1 aliphatic heterocycles. The highest BCUT2D eigenvalue weighted by Gasteiger charge is 2.27. The molecular weight excluding hydrogens is 462 g/mol. The number of halogens is 1. The fourth-order valence-electron chi connectivity index (χ4n) is 5.07. The van der Waals surface area contributed by atoms with Crippen molar-refractivity contribution in [1.82, 2.24) is 15.5 Å². The van der Waals surface area contributed by atoms with E-state index in [4.69, 9.17) is 11.6 Å². The molecule has 1 fully saturated rings. The van der Waals surface area contributed by atoms with Crippen molar-refractivity contribution in [2.24, 2.45) is 10.9 Å². The van der Waals surface area contributed by atoms with Gasteiger partial charge in [-0.3, -0.25) is 9.59 Å². The second kappa shape index (κ2) is 12.0. The SMILES string of the molecule is CCNC1=C(CNC(=O)c2cc(Cl)cc(NC(C)C3CCC(N(C)C)CC3)c2C)C(=O)CC(C)=N1. The lowest BCUT2D eigenvalue weighted by Crippen LogP contribution is -2.37. The first-order valence-electron chi connectivity index (χ1n) is 12.7. The van der Waals surface area contributed by atoms with Gasteiger partial charge in [0.2, 0.25) is 0 Å². The van der Waals surface area contributed by atoms with Crippen LogP contribution in [0.2, 0.25) is 5.02 Å². The number of aliphatic imine (C=N–C) groups is 1. The van der Waals surface area contributed by atoms with Crippen LogP contribution in [0.1, 0.15) is 68.8 Å². The first kappa shape index (κ1) is 27.2. The molecule has 0 aromatic heterocycles. The van der Waals surface area contributed by atoms with Gasteiger partial charge in [-0.1, -0.05) is 11.6 Å². The van der Waals surface area contributed by atoms with E-state index in [1.54, 1.807) is 6.07 Å². The summed E-state index contributed by atoms with van der Waals surface area (Å²) in [6.07, 6.45) is 5.06. The molecule has 192 valence electrons. The molecule has 1 atom stereocenters. The van der Waals surface area contributed by atoms with Crippen molar-refractivity contribution in [3.05, 3.63) is 39.7 Å². The molecule has 8 heteroatoms. The number of nitrogens with zero attached hydrogens (tertiary/aromatic N) is 2. The molecule has 35 heavy (non-hydrogen) atoms. The molecule has 3 N–H and O–H groups in total. The van der Waals surface area contributed by atoms with Crippen LogP contribution < -0.4 is 16.0 Å². The van der Waals surface area contributed by atoms with Crippen LogP contribution in [0.4, 0.5) is 5.69 Å². The van der Waals surface area contributed by atoms with Crippen LogP contribution in [0, 0.1) is 12.8 Å². The molecule has 1 unspecified atom stereocenters. The van der Waals surface area contributed by atoms with Crippen molar-refractivity contribution in [2.45, 2.75) is 71.9 Å². The van der Waals surface area contributed by atoms with Gasteiger partial charge in [-0.15, -0.1) is 0 Å². The number of carbonyl (C=O) groups is 2. The van der Waals surface area contributed by atoms with E-state index in [0.29, 0.717) is 40.5 Å². The minimum Gasteiger partial charge on any atom is -0.382 e. The Morgan fingerprint density at radius 1 is 1.20 bits per heavy atom. The normalized spacial score (nSPS) is 21.6. The number of anilines is 1. The summed E-state index contributed by atoms with van der Waals surface area (Å²) in [6.45, 7) is 8.71. The molecule has 0 bridgehead atoms. The average Bonchev–Trinajstić information content (AvgIpc) is 2.80. The molecule has 1 amide bonds. The molecule has 2 aliphatic rings. The van der Waals surface area contributed by atoms with Gasteiger partial charge in [-0.25, -0.2) is 4.99 Å². The number of amides is 1. The number of benzene rings is 1. The summed E-state index contributed by atoms with van der Waals surface area (Å²) in [5, 5.41) is 10.2. The van der Waals surface area contributed by atoms with Gasteiger partial charge in [0, 0.05) is 47.0 Å². The zero-order valence-electron chi connectivity index (χ0n) is 21.9. The number of rotatable bonds is 9. The number of hydrogen-bond donors (Lipinski definition) is 3. The van der Waals surface area contributed by atoms with Crippen LogP contribution in [0.25, 0.3) is 0 Å². The van der Waals surface area contributed by atoms with Crippen molar-refractivity contribution in [3.8, 4) is 0 Å². The fraction of sp³-hybridized carbons (Fsp3) is 0.593. The summed E-state index contributed by atoms with van der Waals surface area (Å²) in [6, 6.07) is 4.52. The Labute approximate surface area is 214 Å². The van der Waals surface area contributed by atoms with Crippen LogP contribution in [0.15, 0.2) is 28.5 Å². The van der Waals surface area contributed by atoms with Crippen molar-refractivity contribution < 1.29 is 9.59 Å². The van der Waals surface area contributed by atoms with Gasteiger partial charge in [0.15, 0.2) is 5.78 Å². The van der Waals surface area contributed by atoms with Crippen molar-refractivity contribution in [1.29, 1.82) is 0 Å². The second-order valence-electron chi connectivity index (χ2n) is 10.1. The van der Waals surface area contributed by atoms with Gasteiger partial charge in [-0.05, 0) is 91.1 Å². The van der Waals surface area contributed by atoms with Crippen molar-refractivity contribution in [3.63, 3.8) is 0 Å². The van der Waals surface area contributed by atoms with Crippen LogP contribution >= 0.6 is 11.6 Å². The predicted octanol–water partition coefficient (Wildman–Crippen LogP) is 4.55. The zero-order chi connectivity index (χ0) is 25.7. The van der Waals surface area contributed by atoms with Gasteiger partial charge in [0.05, 0.1) is 12.1 Å². The standard InChI is InChI=1S/C27H40ClN5O2/c1-7-29-26-23(25(34)12-16(2)31-26)15-30-27(35)22-13-20(28)14-24(17(22)3)32-18(4)19-8-10-21(11-9-19)33(5)6/h13-14,18-19,21,29,32H,7-12,15H2,1-6H3,(H,30,35). The Morgan fingerprint density at radius 3 is 2.51 bits per heavy atom. The molecule has 0 radical (unpaired) electrons. The molecule has 1 aliphatic carbocycles. The summed E-state index contributed by atoms with van der Waals surface area (Å²) in [5.74, 6) is 0.857. The van der Waals surface area contributed by atoms with E-state index in [1.165, 1.54) is 25.7 Å². The van der Waals surface area contributed by atoms with E-state index in [0.717, 1.165) is 17.0 Å². The van der Waals surface area contributed by atoms with Gasteiger partial charge in [-0.2, -0.15) is 0 Å². The maximum atomic E-state index is 13.1. The van der Waals surface area contributed by atoms with E-state index in [2.05, 4.69) is 46.9 Å². The minimum absolute atomic E-state index is 0.0169. The molecule has 1 saturated carbocycles. The first-order valence-corrected chi connectivity index (χ1v) is 13.0. The van der Waals surface area contributed by atoms with Crippen LogP contribution in [0.3, 0.4) is 0 Å². The summed E-state index contributed by atoms with van der Waals surface area (Å²) in [5.41, 5.74) is 3.52. The van der Waals surface area contributed by atoms with E-state index in [1.807, 2.05) is 26.8 Å². The first-order chi connectivity index (χ1) is 16.6. The Bertz CT molecular complexity index is 1010. The lowest BCUT2D eigenvalue weighted by Gasteiger charge is -2.36. The highest BCUT2D eigenvalue weighted by Crippen LogP contribution is 2.32. The van der Waals surface area contributed by atoms with Crippen LogP contribution in [-0.4, -0.2) is 61.6 Å². The average molecular weight is 502 g/mol. The van der Waals surface area contributed by atoms with Crippen molar-refractivity contribution in [2.75, 3.05) is 32.5 Å². The van der Waals surface area contributed by atoms with Crippen molar-refractivity contribution >= 4 is 34.7 Å². The lowest BCUT2D eigenvalue weighted by molar-refractivity contribution is -0.114. The Hall–Kier alpha value is -2.38. The van der Waals surface area contributed by atoms with Crippen LogP contribution in [-0.2, 0) is 4.79 Å². The molecule has 1 heterocycles. The number of hydrogen-bond acceptors (Lipinski definition) is 6. The van der Waals surface area contributed by atoms with E-state index < -0.39 is 0 Å². The summed E-state index contributed by atoms with van der Waals surface area (Å²) in [4.78, 5) is 32.5. The quantitative estimate of drug-likeness (QED) is 0.462. The Kier molecular flexibility index (Phi) is 9.36. The predicted molar refractivity (Wildman–Crippen MR) is 144 cm³/mol. The molecule has 3 rings (SSSR count). The summed E-state index contributed by atoms with van der Waals surface area (Å²) < 4.78 is 0. The monoisotopic (exact) mass is 501 g/mol. The van der Waals surface area contributed by atoms with E-state index >= 15 is 0 Å². The molecule has 1 aromatic rings. The Morgan fingerprint density at radius 2 is 1.89 bits per heavy atom. The van der Waals surface area contributed by atoms with Gasteiger partial charge >= 0.3 is 0 Å². The third-order valence-electron chi connectivity index (χ3n) is 7.29. The zero-order valence-corrected chi connectivity index (χ0v) is 22.7. The second-order valence-corrected chi connectivity index (χ2v) is 10.5. The molecule has 0 saturated heterocycles. The molecular formula is C27H40ClN5O2. The van der Waals surface area contributed by atoms with Crippen LogP contribution in [0.5, 0.6) is 0 Å². The highest BCUT2D eigenvalue weighted by molar-refractivity contribution is 6.31.